The van der Waals surface area contributed by atoms with E-state index in [0.717, 1.165) is 35.4 Å². The minimum absolute atomic E-state index is 0.348. The van der Waals surface area contributed by atoms with Gasteiger partial charge in [-0.25, -0.2) is 5.43 Å². The molecule has 0 saturated carbocycles. The van der Waals surface area contributed by atoms with E-state index < -0.39 is 0 Å². The van der Waals surface area contributed by atoms with E-state index in [4.69, 9.17) is 4.74 Å². The average Bonchev–Trinajstić information content (AvgIpc) is 3.43. The molecule has 0 fully saturated rings. The van der Waals surface area contributed by atoms with Crippen LogP contribution in [0.2, 0.25) is 0 Å². The lowest BCUT2D eigenvalue weighted by Crippen LogP contribution is -2.18. The van der Waals surface area contributed by atoms with E-state index in [-0.39, 0.29) is 5.91 Å². The van der Waals surface area contributed by atoms with E-state index in [1.807, 2.05) is 24.3 Å². The molecule has 0 radical (unpaired) electrons. The van der Waals surface area contributed by atoms with Gasteiger partial charge in [0.05, 0.1) is 19.0 Å². The summed E-state index contributed by atoms with van der Waals surface area (Å²) in [7, 11) is 1.61. The minimum atomic E-state index is -0.348. The lowest BCUT2D eigenvalue weighted by Gasteiger charge is -2.06. The van der Waals surface area contributed by atoms with Crippen LogP contribution in [0.3, 0.4) is 0 Å². The summed E-state index contributed by atoms with van der Waals surface area (Å²) >= 11 is 0. The molecule has 0 bridgehead atoms. The fraction of sp³-hybridized carbons (Fsp3) is 0.125. The van der Waals surface area contributed by atoms with Gasteiger partial charge in [-0.1, -0.05) is 42.5 Å². The van der Waals surface area contributed by atoms with Gasteiger partial charge >= 0.3 is 0 Å². The molecule has 0 atom stereocenters. The number of carbonyl (C=O) groups excluding carboxylic acids is 1. The first-order valence-electron chi connectivity index (χ1n) is 9.79. The first-order valence-corrected chi connectivity index (χ1v) is 9.79. The highest BCUT2D eigenvalue weighted by Crippen LogP contribution is 2.36. The summed E-state index contributed by atoms with van der Waals surface area (Å²) in [6.45, 7) is 0. The zero-order valence-electron chi connectivity index (χ0n) is 16.5. The number of ether oxygens (including phenoxy) is 1. The summed E-state index contributed by atoms with van der Waals surface area (Å²) in [6, 6.07) is 19.8. The standard InChI is InChI=1S/C24H20N4O2/c1-30-18-6-2-4-15(12-18)14-25-28-24(29)22-13-21(26-27-22)19-11-10-17-9-8-16-5-3-7-20(19)23(16)17/h2-7,10-14H,8-9H2,1H3,(H,26,27)(H,28,29)/b25-14-. The third-order valence-corrected chi connectivity index (χ3v) is 5.45. The molecule has 0 unspecified atom stereocenters. The molecule has 30 heavy (non-hydrogen) atoms. The van der Waals surface area contributed by atoms with E-state index in [1.54, 1.807) is 19.4 Å². The number of H-pyrrole nitrogens is 1. The first kappa shape index (κ1) is 18.1. The van der Waals surface area contributed by atoms with Crippen LogP contribution in [-0.4, -0.2) is 29.4 Å². The number of nitrogens with one attached hydrogen (secondary N) is 2. The Morgan fingerprint density at radius 2 is 1.93 bits per heavy atom. The van der Waals surface area contributed by atoms with E-state index in [9.17, 15) is 4.79 Å². The van der Waals surface area contributed by atoms with Gasteiger partial charge in [0.1, 0.15) is 11.4 Å². The van der Waals surface area contributed by atoms with Crippen molar-refractivity contribution in [3.8, 4) is 17.0 Å². The van der Waals surface area contributed by atoms with Gasteiger partial charge in [0, 0.05) is 5.56 Å². The van der Waals surface area contributed by atoms with Crippen molar-refractivity contribution in [1.82, 2.24) is 15.6 Å². The van der Waals surface area contributed by atoms with Gasteiger partial charge in [-0.2, -0.15) is 10.2 Å². The maximum atomic E-state index is 12.5. The number of aromatic nitrogens is 2. The molecule has 3 aromatic carbocycles. The number of aromatic amines is 1. The zero-order valence-corrected chi connectivity index (χ0v) is 16.5. The van der Waals surface area contributed by atoms with E-state index in [1.165, 1.54) is 21.9 Å². The molecule has 2 N–H and O–H groups in total. The Bertz CT molecular complexity index is 1280. The fourth-order valence-corrected chi connectivity index (χ4v) is 3.99. The summed E-state index contributed by atoms with van der Waals surface area (Å²) in [5.74, 6) is 0.382. The van der Waals surface area contributed by atoms with Gasteiger partial charge in [0.2, 0.25) is 0 Å². The highest BCUT2D eigenvalue weighted by atomic mass is 16.5. The van der Waals surface area contributed by atoms with Crippen LogP contribution in [0.25, 0.3) is 22.0 Å². The van der Waals surface area contributed by atoms with Crippen molar-refractivity contribution in [3.05, 3.63) is 83.0 Å². The van der Waals surface area contributed by atoms with Crippen molar-refractivity contribution in [1.29, 1.82) is 0 Å². The zero-order chi connectivity index (χ0) is 20.5. The van der Waals surface area contributed by atoms with Crippen LogP contribution >= 0.6 is 0 Å². The SMILES string of the molecule is COc1cccc(/C=N\NC(=O)c2cc(-c3ccc4c5c(cccc35)CC4)n[nH]2)c1. The molecule has 6 nitrogen and oxygen atoms in total. The van der Waals surface area contributed by atoms with Crippen LogP contribution in [0.5, 0.6) is 5.75 Å². The smallest absolute Gasteiger partial charge is 0.289 e. The molecule has 0 aliphatic heterocycles. The molecular formula is C24H20N4O2. The van der Waals surface area contributed by atoms with E-state index in [2.05, 4.69) is 51.1 Å². The number of hydrazone groups is 1. The van der Waals surface area contributed by atoms with Gasteiger partial charge in [-0.15, -0.1) is 0 Å². The Kier molecular flexibility index (Phi) is 4.52. The predicted molar refractivity (Wildman–Crippen MR) is 117 cm³/mol. The predicted octanol–water partition coefficient (Wildman–Crippen LogP) is 4.10. The molecule has 1 heterocycles. The Labute approximate surface area is 173 Å². The Morgan fingerprint density at radius 1 is 1.10 bits per heavy atom. The Hall–Kier alpha value is -3.93. The number of nitrogens with zero attached hydrogens (tertiary/aromatic N) is 2. The number of hydrogen-bond acceptors (Lipinski definition) is 4. The number of hydrogen-bond donors (Lipinski definition) is 2. The second-order valence-electron chi connectivity index (χ2n) is 7.25. The van der Waals surface area contributed by atoms with Crippen LogP contribution in [0.4, 0.5) is 0 Å². The molecular weight excluding hydrogens is 376 g/mol. The topological polar surface area (TPSA) is 79.4 Å². The molecule has 0 spiro atoms. The molecule has 4 aromatic rings. The largest absolute Gasteiger partial charge is 0.497 e. The van der Waals surface area contributed by atoms with Crippen molar-refractivity contribution in [2.75, 3.05) is 7.11 Å². The van der Waals surface area contributed by atoms with Gasteiger partial charge in [-0.3, -0.25) is 9.89 Å². The summed E-state index contributed by atoms with van der Waals surface area (Å²) in [5.41, 5.74) is 8.24. The second-order valence-corrected chi connectivity index (χ2v) is 7.25. The van der Waals surface area contributed by atoms with Gasteiger partial charge in [-0.05, 0) is 58.5 Å². The molecule has 6 heteroatoms. The Morgan fingerprint density at radius 3 is 2.80 bits per heavy atom. The van der Waals surface area contributed by atoms with Crippen LogP contribution < -0.4 is 10.2 Å². The lowest BCUT2D eigenvalue weighted by molar-refractivity contribution is 0.0950. The van der Waals surface area contributed by atoms with Gasteiger partial charge in [0.25, 0.3) is 5.91 Å². The maximum absolute atomic E-state index is 12.5. The molecule has 5 rings (SSSR count). The van der Waals surface area contributed by atoms with Crippen molar-refractivity contribution in [2.45, 2.75) is 12.8 Å². The van der Waals surface area contributed by atoms with Crippen LogP contribution in [0.1, 0.15) is 27.2 Å². The first-order chi connectivity index (χ1) is 14.7. The fourth-order valence-electron chi connectivity index (χ4n) is 3.99. The van der Waals surface area contributed by atoms with Gasteiger partial charge < -0.3 is 4.74 Å². The molecule has 1 amide bonds. The molecule has 0 saturated heterocycles. The van der Waals surface area contributed by atoms with Crippen LogP contribution in [-0.2, 0) is 12.8 Å². The summed E-state index contributed by atoms with van der Waals surface area (Å²) < 4.78 is 5.18. The second kappa shape index (κ2) is 7.48. The highest BCUT2D eigenvalue weighted by Gasteiger charge is 2.18. The molecule has 148 valence electrons. The monoisotopic (exact) mass is 396 g/mol. The van der Waals surface area contributed by atoms with Crippen LogP contribution in [0.15, 0.2) is 65.8 Å². The number of aryl methyl sites for hydroxylation is 2. The molecule has 1 aliphatic rings. The summed E-state index contributed by atoms with van der Waals surface area (Å²) in [6.07, 6.45) is 3.73. The molecule has 1 aromatic heterocycles. The number of rotatable bonds is 5. The number of benzene rings is 3. The third-order valence-electron chi connectivity index (χ3n) is 5.45. The number of amides is 1. The Balaban J connectivity index is 1.36. The number of methoxy groups -OCH3 is 1. The highest BCUT2D eigenvalue weighted by molar-refractivity contribution is 6.02. The van der Waals surface area contributed by atoms with Crippen LogP contribution in [0, 0.1) is 0 Å². The molecule has 1 aliphatic carbocycles. The van der Waals surface area contributed by atoms with E-state index >= 15 is 0 Å². The van der Waals surface area contributed by atoms with Gasteiger partial charge in [0.15, 0.2) is 0 Å². The minimum Gasteiger partial charge on any atom is -0.497 e. The lowest BCUT2D eigenvalue weighted by atomic mass is 9.98. The van der Waals surface area contributed by atoms with E-state index in [0.29, 0.717) is 5.69 Å². The average molecular weight is 396 g/mol. The van der Waals surface area contributed by atoms with Crippen molar-refractivity contribution in [3.63, 3.8) is 0 Å². The normalized spacial score (nSPS) is 12.6. The number of carbonyl (C=O) groups is 1. The van der Waals surface area contributed by atoms with Crippen molar-refractivity contribution in [2.24, 2.45) is 5.10 Å². The van der Waals surface area contributed by atoms with Crippen molar-refractivity contribution < 1.29 is 9.53 Å². The third kappa shape index (κ3) is 3.22. The quantitative estimate of drug-likeness (QED) is 0.394. The maximum Gasteiger partial charge on any atom is 0.289 e. The summed E-state index contributed by atoms with van der Waals surface area (Å²) in [5, 5.41) is 13.7. The summed E-state index contributed by atoms with van der Waals surface area (Å²) in [4.78, 5) is 12.5. The van der Waals surface area contributed by atoms with Crippen molar-refractivity contribution >= 4 is 22.9 Å².